The number of hydrogen-bond donors (Lipinski definition) is 2. The second kappa shape index (κ2) is 6.82. The molecule has 0 amide bonds. The summed E-state index contributed by atoms with van der Waals surface area (Å²) >= 11 is 0. The predicted octanol–water partition coefficient (Wildman–Crippen LogP) is 2.04. The van der Waals surface area contributed by atoms with Crippen LogP contribution in [0.25, 0.3) is 11.1 Å². The van der Waals surface area contributed by atoms with Crippen molar-refractivity contribution in [3.05, 3.63) is 35.9 Å². The van der Waals surface area contributed by atoms with E-state index in [-0.39, 0.29) is 13.0 Å². The lowest BCUT2D eigenvalue weighted by Gasteiger charge is -2.31. The van der Waals surface area contributed by atoms with E-state index in [1.54, 1.807) is 27.4 Å². The molecule has 6 nitrogen and oxygen atoms in total. The molecule has 0 fully saturated rings. The van der Waals surface area contributed by atoms with E-state index in [9.17, 15) is 10.2 Å². The highest BCUT2D eigenvalue weighted by Gasteiger charge is 2.32. The number of methoxy groups -OCH3 is 3. The van der Waals surface area contributed by atoms with Gasteiger partial charge < -0.3 is 29.2 Å². The molecule has 1 heterocycles. The Balaban J connectivity index is 2.24. The molecule has 0 saturated heterocycles. The molecule has 0 saturated carbocycles. The Morgan fingerprint density at radius 3 is 2.36 bits per heavy atom. The summed E-state index contributed by atoms with van der Waals surface area (Å²) in [6.45, 7) is -0.447. The van der Waals surface area contributed by atoms with Crippen LogP contribution in [0.15, 0.2) is 30.3 Å². The van der Waals surface area contributed by atoms with Crippen LogP contribution in [0.4, 0.5) is 0 Å². The Kier molecular flexibility index (Phi) is 4.74. The van der Waals surface area contributed by atoms with Crippen molar-refractivity contribution in [2.24, 2.45) is 0 Å². The van der Waals surface area contributed by atoms with E-state index in [1.807, 2.05) is 24.3 Å². The Hall–Kier alpha value is -2.44. The lowest BCUT2D eigenvalue weighted by atomic mass is 9.88. The van der Waals surface area contributed by atoms with Crippen molar-refractivity contribution in [3.8, 4) is 34.1 Å². The highest BCUT2D eigenvalue weighted by Crippen LogP contribution is 2.43. The van der Waals surface area contributed by atoms with Gasteiger partial charge in [0.15, 0.2) is 11.5 Å². The van der Waals surface area contributed by atoms with E-state index >= 15 is 0 Å². The lowest BCUT2D eigenvalue weighted by molar-refractivity contribution is -0.0472. The van der Waals surface area contributed by atoms with Crippen molar-refractivity contribution >= 4 is 0 Å². The third kappa shape index (κ3) is 3.23. The molecular weight excluding hydrogens is 324 g/mol. The van der Waals surface area contributed by atoms with E-state index in [1.165, 1.54) is 0 Å². The molecule has 25 heavy (non-hydrogen) atoms. The number of aliphatic hydroxyl groups is 2. The molecule has 0 radical (unpaired) electrons. The summed E-state index contributed by atoms with van der Waals surface area (Å²) in [5.74, 6) is 2.36. The van der Waals surface area contributed by atoms with Crippen LogP contribution in [0.1, 0.15) is 5.56 Å². The first kappa shape index (κ1) is 17.4. The van der Waals surface area contributed by atoms with Crippen molar-refractivity contribution in [3.63, 3.8) is 0 Å². The Morgan fingerprint density at radius 2 is 1.72 bits per heavy atom. The molecule has 0 bridgehead atoms. The molecule has 0 aromatic heterocycles. The molecule has 6 heteroatoms. The topological polar surface area (TPSA) is 77.4 Å². The summed E-state index contributed by atoms with van der Waals surface area (Å²) in [5.41, 5.74) is 1.15. The Morgan fingerprint density at radius 1 is 1.00 bits per heavy atom. The van der Waals surface area contributed by atoms with Crippen LogP contribution >= 0.6 is 0 Å². The summed E-state index contributed by atoms with van der Waals surface area (Å²) in [4.78, 5) is 0. The van der Waals surface area contributed by atoms with E-state index in [0.717, 1.165) is 16.7 Å². The first-order chi connectivity index (χ1) is 12.0. The highest BCUT2D eigenvalue weighted by atomic mass is 16.5. The predicted molar refractivity (Wildman–Crippen MR) is 92.8 cm³/mol. The summed E-state index contributed by atoms with van der Waals surface area (Å²) < 4.78 is 21.9. The van der Waals surface area contributed by atoms with Crippen molar-refractivity contribution < 1.29 is 29.2 Å². The maximum absolute atomic E-state index is 10.7. The lowest BCUT2D eigenvalue weighted by Crippen LogP contribution is -2.43. The van der Waals surface area contributed by atoms with Gasteiger partial charge in [-0.1, -0.05) is 0 Å². The monoisotopic (exact) mass is 346 g/mol. The number of hydrogen-bond acceptors (Lipinski definition) is 6. The quantitative estimate of drug-likeness (QED) is 0.882. The van der Waals surface area contributed by atoms with Crippen LogP contribution in [0.5, 0.6) is 23.0 Å². The van der Waals surface area contributed by atoms with Gasteiger partial charge >= 0.3 is 0 Å². The van der Waals surface area contributed by atoms with Gasteiger partial charge in [-0.05, 0) is 35.4 Å². The summed E-state index contributed by atoms with van der Waals surface area (Å²) in [5, 5.41) is 20.4. The molecule has 1 aliphatic rings. The molecule has 0 spiro atoms. The summed E-state index contributed by atoms with van der Waals surface area (Å²) in [7, 11) is 4.71. The molecule has 3 rings (SSSR count). The fourth-order valence-corrected chi connectivity index (χ4v) is 3.01. The van der Waals surface area contributed by atoms with Gasteiger partial charge in [0, 0.05) is 18.1 Å². The fourth-order valence-electron chi connectivity index (χ4n) is 3.01. The van der Waals surface area contributed by atoms with Gasteiger partial charge in [-0.25, -0.2) is 0 Å². The fraction of sp³-hybridized carbons (Fsp3) is 0.368. The van der Waals surface area contributed by atoms with E-state index in [2.05, 4.69) is 0 Å². The van der Waals surface area contributed by atoms with Gasteiger partial charge in [-0.3, -0.25) is 0 Å². The van der Waals surface area contributed by atoms with Crippen LogP contribution in [0.2, 0.25) is 0 Å². The average Bonchev–Trinajstić information content (AvgIpc) is 2.64. The molecule has 1 unspecified atom stereocenters. The van der Waals surface area contributed by atoms with E-state index < -0.39 is 12.2 Å². The highest BCUT2D eigenvalue weighted by molar-refractivity contribution is 5.77. The second-order valence-corrected chi connectivity index (χ2v) is 6.07. The Bertz CT molecular complexity index is 773. The normalized spacial score (nSPS) is 18.9. The molecule has 1 aliphatic heterocycles. The number of fused-ring (bicyclic) bond motifs is 3. The van der Waals surface area contributed by atoms with Crippen molar-refractivity contribution in [1.29, 1.82) is 0 Å². The average molecular weight is 346 g/mol. The van der Waals surface area contributed by atoms with Crippen molar-refractivity contribution in [1.82, 2.24) is 0 Å². The molecule has 1 atom stereocenters. The second-order valence-electron chi connectivity index (χ2n) is 6.07. The van der Waals surface area contributed by atoms with Gasteiger partial charge in [0.05, 0.1) is 27.9 Å². The zero-order chi connectivity index (χ0) is 18.0. The molecular formula is C19H22O6. The first-order valence-corrected chi connectivity index (χ1v) is 7.93. The first-order valence-electron chi connectivity index (χ1n) is 7.93. The van der Waals surface area contributed by atoms with Crippen LogP contribution in [-0.2, 0) is 6.42 Å². The van der Waals surface area contributed by atoms with Gasteiger partial charge in [0.25, 0.3) is 0 Å². The van der Waals surface area contributed by atoms with Gasteiger partial charge in [-0.2, -0.15) is 0 Å². The van der Waals surface area contributed by atoms with E-state index in [4.69, 9.17) is 18.9 Å². The van der Waals surface area contributed by atoms with Crippen molar-refractivity contribution in [2.45, 2.75) is 12.0 Å². The standard InChI is InChI=1S/C19H22O6/c1-22-13-4-5-14-15-8-18(24-3)17(23-2)6-12(15)9-19(21,10-20)11-25-16(14)7-13/h4-8,20-21H,9-11H2,1-3H3. The summed E-state index contributed by atoms with van der Waals surface area (Å²) in [6, 6.07) is 9.20. The number of rotatable bonds is 4. The summed E-state index contributed by atoms with van der Waals surface area (Å²) in [6.07, 6.45) is 0.227. The van der Waals surface area contributed by atoms with Crippen molar-refractivity contribution in [2.75, 3.05) is 34.5 Å². The maximum Gasteiger partial charge on any atom is 0.161 e. The van der Waals surface area contributed by atoms with Crippen LogP contribution < -0.4 is 18.9 Å². The number of ether oxygens (including phenoxy) is 4. The largest absolute Gasteiger partial charge is 0.497 e. The van der Waals surface area contributed by atoms with Crippen LogP contribution in [-0.4, -0.2) is 50.4 Å². The molecule has 2 aromatic rings. The third-order valence-electron chi connectivity index (χ3n) is 4.40. The van der Waals surface area contributed by atoms with Crippen LogP contribution in [0, 0.1) is 0 Å². The number of benzene rings is 2. The zero-order valence-electron chi connectivity index (χ0n) is 14.5. The minimum atomic E-state index is -1.39. The zero-order valence-corrected chi connectivity index (χ0v) is 14.5. The smallest absolute Gasteiger partial charge is 0.161 e. The molecule has 2 N–H and O–H groups in total. The maximum atomic E-state index is 10.7. The van der Waals surface area contributed by atoms with E-state index in [0.29, 0.717) is 23.0 Å². The number of aliphatic hydroxyl groups excluding tert-OH is 1. The van der Waals surface area contributed by atoms with Gasteiger partial charge in [0.1, 0.15) is 23.7 Å². The Labute approximate surface area is 146 Å². The molecule has 134 valence electrons. The van der Waals surface area contributed by atoms with Crippen LogP contribution in [0.3, 0.4) is 0 Å². The van der Waals surface area contributed by atoms with Gasteiger partial charge in [-0.15, -0.1) is 0 Å². The molecule has 0 aliphatic carbocycles. The SMILES string of the molecule is COc1ccc2c(c1)OCC(O)(CO)Cc1cc(OC)c(OC)cc1-2. The third-order valence-corrected chi connectivity index (χ3v) is 4.40. The van der Waals surface area contributed by atoms with Gasteiger partial charge in [0.2, 0.25) is 0 Å². The molecule has 2 aromatic carbocycles. The minimum Gasteiger partial charge on any atom is -0.497 e. The minimum absolute atomic E-state index is 0.0303.